The molecule has 4 rings (SSSR count). The number of hydrogen-bond acceptors (Lipinski definition) is 8. The number of nitrogens with zero attached hydrogens (tertiary/aromatic N) is 4. The van der Waals surface area contributed by atoms with Gasteiger partial charge in [0, 0.05) is 43.0 Å². The number of anilines is 1. The highest BCUT2D eigenvalue weighted by atomic mass is 32.1. The van der Waals surface area contributed by atoms with Gasteiger partial charge in [0.2, 0.25) is 5.82 Å². The summed E-state index contributed by atoms with van der Waals surface area (Å²) in [7, 11) is 0. The van der Waals surface area contributed by atoms with Crippen LogP contribution in [0.1, 0.15) is 21.9 Å². The van der Waals surface area contributed by atoms with Crippen molar-refractivity contribution in [3.63, 3.8) is 0 Å². The molecule has 4 heterocycles. The standard InChI is InChI=1S/C19H27N5O3S/c1-14-16-15(13-28-14)21-17(22-18(16)24-7-11-27-12-8-24)19(25)20-3-2-4-23-5-9-26-10-6-23/h13H,2-12H2,1H3,(H,20,25). The van der Waals surface area contributed by atoms with Crippen molar-refractivity contribution >= 4 is 34.0 Å². The summed E-state index contributed by atoms with van der Waals surface area (Å²) in [4.78, 5) is 27.6. The van der Waals surface area contributed by atoms with Crippen LogP contribution in [0.5, 0.6) is 0 Å². The number of amides is 1. The number of aryl methyl sites for hydroxylation is 1. The monoisotopic (exact) mass is 405 g/mol. The number of ether oxygens (including phenoxy) is 2. The molecule has 1 amide bonds. The summed E-state index contributed by atoms with van der Waals surface area (Å²) in [6, 6.07) is 0. The van der Waals surface area contributed by atoms with E-state index in [0.29, 0.717) is 19.8 Å². The van der Waals surface area contributed by atoms with Crippen LogP contribution in [-0.2, 0) is 9.47 Å². The average molecular weight is 406 g/mol. The molecule has 0 radical (unpaired) electrons. The molecule has 9 heteroatoms. The molecule has 8 nitrogen and oxygen atoms in total. The molecule has 0 atom stereocenters. The van der Waals surface area contributed by atoms with Crippen LogP contribution in [0.2, 0.25) is 0 Å². The first-order chi connectivity index (χ1) is 13.7. The third kappa shape index (κ3) is 4.43. The molecule has 1 N–H and O–H groups in total. The Kier molecular flexibility index (Phi) is 6.36. The van der Waals surface area contributed by atoms with Crippen molar-refractivity contribution in [2.45, 2.75) is 13.3 Å². The maximum Gasteiger partial charge on any atom is 0.289 e. The van der Waals surface area contributed by atoms with Crippen LogP contribution >= 0.6 is 11.3 Å². The SMILES string of the molecule is Cc1scc2nc(C(=O)NCCCN3CCOCC3)nc(N3CCOCC3)c12. The smallest absolute Gasteiger partial charge is 0.289 e. The zero-order valence-electron chi connectivity index (χ0n) is 16.3. The Labute approximate surface area is 168 Å². The fraction of sp³-hybridized carbons (Fsp3) is 0.632. The van der Waals surface area contributed by atoms with Gasteiger partial charge >= 0.3 is 0 Å². The highest BCUT2D eigenvalue weighted by Crippen LogP contribution is 2.31. The summed E-state index contributed by atoms with van der Waals surface area (Å²) in [6.45, 7) is 10.1. The van der Waals surface area contributed by atoms with E-state index in [1.807, 2.05) is 5.38 Å². The summed E-state index contributed by atoms with van der Waals surface area (Å²) in [5, 5.41) is 6.04. The molecule has 0 aromatic carbocycles. The van der Waals surface area contributed by atoms with E-state index in [1.54, 1.807) is 11.3 Å². The molecular weight excluding hydrogens is 378 g/mol. The second-order valence-corrected chi connectivity index (χ2v) is 8.17. The molecular formula is C19H27N5O3S. The minimum Gasteiger partial charge on any atom is -0.379 e. The van der Waals surface area contributed by atoms with Crippen molar-refractivity contribution in [2.24, 2.45) is 0 Å². The Bertz CT molecular complexity index is 815. The number of fused-ring (bicyclic) bond motifs is 1. The van der Waals surface area contributed by atoms with E-state index in [-0.39, 0.29) is 11.7 Å². The lowest BCUT2D eigenvalue weighted by Crippen LogP contribution is -2.38. The molecule has 0 saturated carbocycles. The van der Waals surface area contributed by atoms with E-state index < -0.39 is 0 Å². The lowest BCUT2D eigenvalue weighted by Gasteiger charge is -2.28. The zero-order chi connectivity index (χ0) is 19.3. The van der Waals surface area contributed by atoms with Gasteiger partial charge in [-0.1, -0.05) is 0 Å². The van der Waals surface area contributed by atoms with Crippen LogP contribution in [-0.4, -0.2) is 86.5 Å². The van der Waals surface area contributed by atoms with Gasteiger partial charge in [-0.25, -0.2) is 9.97 Å². The minimum atomic E-state index is -0.206. The molecule has 2 saturated heterocycles. The van der Waals surface area contributed by atoms with Gasteiger partial charge in [-0.2, -0.15) is 0 Å². The number of carbonyl (C=O) groups is 1. The van der Waals surface area contributed by atoms with Crippen LogP contribution in [0.25, 0.3) is 10.9 Å². The minimum absolute atomic E-state index is 0.206. The summed E-state index contributed by atoms with van der Waals surface area (Å²) in [6.07, 6.45) is 0.905. The van der Waals surface area contributed by atoms with E-state index in [0.717, 1.165) is 69.1 Å². The van der Waals surface area contributed by atoms with E-state index in [9.17, 15) is 4.79 Å². The molecule has 28 heavy (non-hydrogen) atoms. The number of carbonyl (C=O) groups excluding carboxylic acids is 1. The van der Waals surface area contributed by atoms with Crippen LogP contribution in [0.3, 0.4) is 0 Å². The van der Waals surface area contributed by atoms with Crippen LogP contribution < -0.4 is 10.2 Å². The summed E-state index contributed by atoms with van der Waals surface area (Å²) in [5.41, 5.74) is 0.845. The number of aromatic nitrogens is 2. The molecule has 0 unspecified atom stereocenters. The molecule has 2 aromatic rings. The van der Waals surface area contributed by atoms with Gasteiger partial charge < -0.3 is 19.7 Å². The Balaban J connectivity index is 1.43. The Morgan fingerprint density at radius 3 is 2.61 bits per heavy atom. The molecule has 0 aliphatic carbocycles. The summed E-state index contributed by atoms with van der Waals surface area (Å²) >= 11 is 1.65. The van der Waals surface area contributed by atoms with E-state index in [4.69, 9.17) is 9.47 Å². The van der Waals surface area contributed by atoms with E-state index >= 15 is 0 Å². The number of nitrogens with one attached hydrogen (secondary N) is 1. The van der Waals surface area contributed by atoms with Gasteiger partial charge in [-0.3, -0.25) is 9.69 Å². The van der Waals surface area contributed by atoms with E-state index in [2.05, 4.69) is 32.0 Å². The quantitative estimate of drug-likeness (QED) is 0.726. The lowest BCUT2D eigenvalue weighted by molar-refractivity contribution is 0.0374. The third-order valence-corrected chi connectivity index (χ3v) is 6.07. The maximum atomic E-state index is 12.7. The average Bonchev–Trinajstić information content (AvgIpc) is 3.12. The molecule has 2 aromatic heterocycles. The second-order valence-electron chi connectivity index (χ2n) is 7.09. The number of thiophene rings is 1. The Morgan fingerprint density at radius 2 is 1.86 bits per heavy atom. The Hall–Kier alpha value is -1.81. The van der Waals surface area contributed by atoms with Gasteiger partial charge in [-0.05, 0) is 19.9 Å². The molecule has 152 valence electrons. The maximum absolute atomic E-state index is 12.7. The van der Waals surface area contributed by atoms with Crippen molar-refractivity contribution in [1.29, 1.82) is 0 Å². The predicted molar refractivity (Wildman–Crippen MR) is 109 cm³/mol. The normalized spacial score (nSPS) is 18.5. The van der Waals surface area contributed by atoms with Crippen LogP contribution in [0.15, 0.2) is 5.38 Å². The molecule has 2 aliphatic rings. The molecule has 2 fully saturated rings. The first-order valence-electron chi connectivity index (χ1n) is 9.89. The van der Waals surface area contributed by atoms with Crippen LogP contribution in [0, 0.1) is 6.92 Å². The summed E-state index contributed by atoms with van der Waals surface area (Å²) < 4.78 is 10.8. The van der Waals surface area contributed by atoms with Gasteiger partial charge in [0.15, 0.2) is 0 Å². The first kappa shape index (κ1) is 19.5. The fourth-order valence-electron chi connectivity index (χ4n) is 3.61. The van der Waals surface area contributed by atoms with Crippen molar-refractivity contribution in [2.75, 3.05) is 70.6 Å². The molecule has 2 aliphatic heterocycles. The first-order valence-corrected chi connectivity index (χ1v) is 10.8. The van der Waals surface area contributed by atoms with Gasteiger partial charge in [-0.15, -0.1) is 11.3 Å². The molecule has 0 spiro atoms. The third-order valence-electron chi connectivity index (χ3n) is 5.17. The zero-order valence-corrected chi connectivity index (χ0v) is 17.1. The number of rotatable bonds is 6. The highest BCUT2D eigenvalue weighted by molar-refractivity contribution is 7.11. The molecule has 0 bridgehead atoms. The Morgan fingerprint density at radius 1 is 1.14 bits per heavy atom. The highest BCUT2D eigenvalue weighted by Gasteiger charge is 2.22. The van der Waals surface area contributed by atoms with Gasteiger partial charge in [0.05, 0.1) is 37.3 Å². The van der Waals surface area contributed by atoms with Crippen LogP contribution in [0.4, 0.5) is 5.82 Å². The lowest BCUT2D eigenvalue weighted by atomic mass is 10.2. The van der Waals surface area contributed by atoms with E-state index in [1.165, 1.54) is 4.88 Å². The summed E-state index contributed by atoms with van der Waals surface area (Å²) in [5.74, 6) is 0.894. The van der Waals surface area contributed by atoms with Crippen molar-refractivity contribution < 1.29 is 14.3 Å². The largest absolute Gasteiger partial charge is 0.379 e. The van der Waals surface area contributed by atoms with Crippen molar-refractivity contribution in [3.05, 3.63) is 16.1 Å². The second kappa shape index (κ2) is 9.13. The topological polar surface area (TPSA) is 79.8 Å². The van der Waals surface area contributed by atoms with Crippen molar-refractivity contribution in [3.8, 4) is 0 Å². The van der Waals surface area contributed by atoms with Gasteiger partial charge in [0.1, 0.15) is 5.82 Å². The number of hydrogen-bond donors (Lipinski definition) is 1. The van der Waals surface area contributed by atoms with Crippen molar-refractivity contribution in [1.82, 2.24) is 20.2 Å². The number of morpholine rings is 2. The fourth-order valence-corrected chi connectivity index (χ4v) is 4.38. The predicted octanol–water partition coefficient (Wildman–Crippen LogP) is 1.29. The van der Waals surface area contributed by atoms with Gasteiger partial charge in [0.25, 0.3) is 5.91 Å².